The first-order chi connectivity index (χ1) is 11.7. The molecule has 0 spiro atoms. The van der Waals surface area contributed by atoms with Gasteiger partial charge in [0, 0.05) is 23.0 Å². The van der Waals surface area contributed by atoms with E-state index in [0.717, 1.165) is 29.3 Å². The van der Waals surface area contributed by atoms with Gasteiger partial charge in [-0.05, 0) is 31.7 Å². The van der Waals surface area contributed by atoms with E-state index in [9.17, 15) is 0 Å². The molecular weight excluding hydrogens is 300 g/mol. The van der Waals surface area contributed by atoms with Crippen LogP contribution in [0, 0.1) is 11.8 Å². The van der Waals surface area contributed by atoms with E-state index in [0.29, 0.717) is 23.4 Å². The summed E-state index contributed by atoms with van der Waals surface area (Å²) in [5, 5.41) is 13.7. The summed E-state index contributed by atoms with van der Waals surface area (Å²) >= 11 is 0. The van der Waals surface area contributed by atoms with Gasteiger partial charge < -0.3 is 4.98 Å². The van der Waals surface area contributed by atoms with Gasteiger partial charge in [-0.2, -0.15) is 10.1 Å². The summed E-state index contributed by atoms with van der Waals surface area (Å²) in [6.07, 6.45) is 6.44. The van der Waals surface area contributed by atoms with Crippen LogP contribution < -0.4 is 5.43 Å². The number of hydrazone groups is 1. The number of aromatic amines is 1. The molecule has 24 heavy (non-hydrogen) atoms. The van der Waals surface area contributed by atoms with E-state index in [1.165, 1.54) is 5.57 Å². The molecule has 6 heteroatoms. The Morgan fingerprint density at radius 2 is 2.17 bits per heavy atom. The van der Waals surface area contributed by atoms with Crippen LogP contribution in [0.5, 0.6) is 0 Å². The van der Waals surface area contributed by atoms with Crippen molar-refractivity contribution in [2.45, 2.75) is 26.7 Å². The van der Waals surface area contributed by atoms with Crippen LogP contribution in [0.25, 0.3) is 22.1 Å². The Morgan fingerprint density at radius 1 is 1.29 bits per heavy atom. The second-order valence-electron chi connectivity index (χ2n) is 6.52. The summed E-state index contributed by atoms with van der Waals surface area (Å²) < 4.78 is 0. The standard InChI is InChI=1S/C18H20N6/c1-11-7-8-13(12(2)9-11)10-19-23-18-21-17-16(22-24-18)14-5-3-4-6-15(14)20-17/h3-7,10,12-13H,8-9H2,1-2H3,(H2,20,21,23,24)/b19-10+/t12-,13+/m1/s1. The number of benzene rings is 1. The molecular formula is C18H20N6. The molecule has 0 bridgehead atoms. The lowest BCUT2D eigenvalue weighted by Crippen LogP contribution is -2.17. The first-order valence-corrected chi connectivity index (χ1v) is 8.26. The molecule has 122 valence electrons. The van der Waals surface area contributed by atoms with Crippen molar-refractivity contribution in [2.24, 2.45) is 16.9 Å². The smallest absolute Gasteiger partial charge is 0.265 e. The Morgan fingerprint density at radius 3 is 3.04 bits per heavy atom. The number of anilines is 1. The van der Waals surface area contributed by atoms with E-state index in [1.54, 1.807) is 0 Å². The van der Waals surface area contributed by atoms with Gasteiger partial charge in [0.05, 0.1) is 0 Å². The third-order valence-electron chi connectivity index (χ3n) is 4.67. The highest BCUT2D eigenvalue weighted by Gasteiger charge is 2.18. The number of rotatable bonds is 3. The van der Waals surface area contributed by atoms with Crippen molar-refractivity contribution in [2.75, 3.05) is 5.43 Å². The van der Waals surface area contributed by atoms with Crippen LogP contribution in [-0.2, 0) is 0 Å². The van der Waals surface area contributed by atoms with Crippen molar-refractivity contribution in [3.63, 3.8) is 0 Å². The van der Waals surface area contributed by atoms with Gasteiger partial charge >= 0.3 is 0 Å². The van der Waals surface area contributed by atoms with Gasteiger partial charge in [0.1, 0.15) is 5.52 Å². The van der Waals surface area contributed by atoms with E-state index in [-0.39, 0.29) is 0 Å². The van der Waals surface area contributed by atoms with E-state index < -0.39 is 0 Å². The zero-order valence-corrected chi connectivity index (χ0v) is 13.8. The summed E-state index contributed by atoms with van der Waals surface area (Å²) in [6, 6.07) is 7.98. The number of fused-ring (bicyclic) bond motifs is 3. The number of H-pyrrole nitrogens is 1. The molecule has 1 aliphatic carbocycles. The molecule has 2 heterocycles. The quantitative estimate of drug-likeness (QED) is 0.436. The largest absolute Gasteiger partial charge is 0.338 e. The number of nitrogens with zero attached hydrogens (tertiary/aromatic N) is 4. The molecule has 0 fully saturated rings. The zero-order chi connectivity index (χ0) is 16.5. The molecule has 0 radical (unpaired) electrons. The Bertz CT molecular complexity index is 939. The summed E-state index contributed by atoms with van der Waals surface area (Å²) in [6.45, 7) is 4.46. The molecule has 0 aliphatic heterocycles. The van der Waals surface area contributed by atoms with Crippen molar-refractivity contribution in [3.05, 3.63) is 35.9 Å². The normalized spacial score (nSPS) is 21.5. The Balaban J connectivity index is 1.52. The lowest BCUT2D eigenvalue weighted by Gasteiger charge is -2.24. The van der Waals surface area contributed by atoms with Crippen LogP contribution in [0.15, 0.2) is 41.0 Å². The average molecular weight is 320 g/mol. The fraction of sp³-hybridized carbons (Fsp3) is 0.333. The van der Waals surface area contributed by atoms with Crippen LogP contribution in [0.4, 0.5) is 5.95 Å². The predicted molar refractivity (Wildman–Crippen MR) is 96.9 cm³/mol. The van der Waals surface area contributed by atoms with E-state index in [2.05, 4.69) is 50.6 Å². The van der Waals surface area contributed by atoms with Crippen molar-refractivity contribution in [3.8, 4) is 0 Å². The number of hydrogen-bond acceptors (Lipinski definition) is 5. The third kappa shape index (κ3) is 2.75. The number of hydrogen-bond donors (Lipinski definition) is 2. The lowest BCUT2D eigenvalue weighted by molar-refractivity contribution is 0.438. The highest BCUT2D eigenvalue weighted by atomic mass is 15.4. The van der Waals surface area contributed by atoms with E-state index in [1.807, 2.05) is 30.5 Å². The number of allylic oxidation sites excluding steroid dienone is 2. The lowest BCUT2D eigenvalue weighted by atomic mass is 9.82. The Labute approximate surface area is 140 Å². The second kappa shape index (κ2) is 6.03. The minimum absolute atomic E-state index is 0.403. The maximum absolute atomic E-state index is 4.46. The van der Waals surface area contributed by atoms with Gasteiger partial charge in [0.25, 0.3) is 5.95 Å². The highest BCUT2D eigenvalue weighted by Crippen LogP contribution is 2.27. The number of nitrogens with one attached hydrogen (secondary N) is 2. The average Bonchev–Trinajstić information content (AvgIpc) is 2.94. The summed E-state index contributed by atoms with van der Waals surface area (Å²) in [7, 11) is 0. The van der Waals surface area contributed by atoms with Gasteiger partial charge in [-0.25, -0.2) is 5.43 Å². The summed E-state index contributed by atoms with van der Waals surface area (Å²) in [4.78, 5) is 7.72. The zero-order valence-electron chi connectivity index (χ0n) is 13.8. The topological polar surface area (TPSA) is 78.8 Å². The highest BCUT2D eigenvalue weighted by molar-refractivity contribution is 6.03. The van der Waals surface area contributed by atoms with Crippen molar-refractivity contribution in [1.82, 2.24) is 20.2 Å². The molecule has 0 saturated carbocycles. The Kier molecular flexibility index (Phi) is 3.72. The van der Waals surface area contributed by atoms with Crippen LogP contribution in [0.2, 0.25) is 0 Å². The molecule has 0 amide bonds. The SMILES string of the molecule is CC1=CC[C@@H](/C=N/Nc2nnc3c(n2)[nH]c2ccccc23)[C@H](C)C1. The number of aromatic nitrogens is 4. The summed E-state index contributed by atoms with van der Waals surface area (Å²) in [5.74, 6) is 1.46. The fourth-order valence-electron chi connectivity index (χ4n) is 3.28. The fourth-order valence-corrected chi connectivity index (χ4v) is 3.28. The molecule has 6 nitrogen and oxygen atoms in total. The van der Waals surface area contributed by atoms with Crippen molar-refractivity contribution >= 4 is 34.2 Å². The monoisotopic (exact) mass is 320 g/mol. The first-order valence-electron chi connectivity index (χ1n) is 8.26. The molecule has 4 rings (SSSR count). The van der Waals surface area contributed by atoms with Gasteiger partial charge in [-0.1, -0.05) is 36.8 Å². The molecule has 3 aromatic rings. The Hall–Kier alpha value is -2.76. The molecule has 1 aliphatic rings. The third-order valence-corrected chi connectivity index (χ3v) is 4.67. The molecule has 0 unspecified atom stereocenters. The van der Waals surface area contributed by atoms with Crippen molar-refractivity contribution in [1.29, 1.82) is 0 Å². The van der Waals surface area contributed by atoms with E-state index in [4.69, 9.17) is 0 Å². The number of para-hydroxylation sites is 1. The summed E-state index contributed by atoms with van der Waals surface area (Å²) in [5.41, 5.74) is 6.88. The molecule has 2 N–H and O–H groups in total. The minimum atomic E-state index is 0.403. The van der Waals surface area contributed by atoms with Gasteiger partial charge in [0.15, 0.2) is 5.65 Å². The van der Waals surface area contributed by atoms with Crippen LogP contribution >= 0.6 is 0 Å². The first kappa shape index (κ1) is 14.8. The molecule has 1 aromatic carbocycles. The molecule has 2 atom stereocenters. The van der Waals surface area contributed by atoms with Crippen LogP contribution in [0.3, 0.4) is 0 Å². The second-order valence-corrected chi connectivity index (χ2v) is 6.52. The molecule has 2 aromatic heterocycles. The van der Waals surface area contributed by atoms with Crippen molar-refractivity contribution < 1.29 is 0 Å². The maximum Gasteiger partial charge on any atom is 0.265 e. The maximum atomic E-state index is 4.46. The molecule has 0 saturated heterocycles. The van der Waals surface area contributed by atoms with E-state index >= 15 is 0 Å². The predicted octanol–water partition coefficient (Wildman–Crippen LogP) is 3.90. The van der Waals surface area contributed by atoms with Crippen LogP contribution in [0.1, 0.15) is 26.7 Å². The van der Waals surface area contributed by atoms with Gasteiger partial charge in [-0.15, -0.1) is 10.2 Å². The van der Waals surface area contributed by atoms with Gasteiger partial charge in [0.2, 0.25) is 0 Å². The van der Waals surface area contributed by atoms with Gasteiger partial charge in [-0.3, -0.25) is 0 Å². The minimum Gasteiger partial charge on any atom is -0.338 e. The van der Waals surface area contributed by atoms with Crippen LogP contribution in [-0.4, -0.2) is 26.4 Å².